The van der Waals surface area contributed by atoms with E-state index >= 15 is 0 Å². The first-order valence-corrected chi connectivity index (χ1v) is 18.3. The molecule has 0 radical (unpaired) electrons. The lowest BCUT2D eigenvalue weighted by Gasteiger charge is -2.40. The summed E-state index contributed by atoms with van der Waals surface area (Å²) < 4.78 is 34.9. The molecule has 1 fully saturated rings. The number of imide groups is 1. The Morgan fingerprint density at radius 1 is 1.05 bits per heavy atom. The fourth-order valence-electron chi connectivity index (χ4n) is 4.92. The maximum Gasteiger partial charge on any atom is 0.416 e. The van der Waals surface area contributed by atoms with E-state index in [-0.39, 0.29) is 36.5 Å². The summed E-state index contributed by atoms with van der Waals surface area (Å²) in [5, 5.41) is -0.0104. The molecular weight excluding hydrogens is 578 g/mol. The Labute approximate surface area is 264 Å². The van der Waals surface area contributed by atoms with Crippen LogP contribution in [-0.2, 0) is 41.2 Å². The van der Waals surface area contributed by atoms with Gasteiger partial charge >= 0.3 is 6.09 Å². The fourth-order valence-corrected chi connectivity index (χ4v) is 6.32. The maximum atomic E-state index is 13.9. The van der Waals surface area contributed by atoms with Gasteiger partial charge in [-0.2, -0.15) is 0 Å². The number of cyclic esters (lactones) is 1. The van der Waals surface area contributed by atoms with Crippen molar-refractivity contribution >= 4 is 20.3 Å². The zero-order valence-electron chi connectivity index (χ0n) is 27.7. The number of hydrogen-bond donors (Lipinski definition) is 0. The van der Waals surface area contributed by atoms with Crippen LogP contribution in [0.15, 0.2) is 54.6 Å². The quantitative estimate of drug-likeness (QED) is 0.110. The van der Waals surface area contributed by atoms with Crippen LogP contribution < -0.4 is 4.74 Å². The minimum absolute atomic E-state index is 0.0104. The number of methoxy groups -OCH3 is 2. The van der Waals surface area contributed by atoms with Crippen LogP contribution >= 0.6 is 0 Å². The van der Waals surface area contributed by atoms with Crippen molar-refractivity contribution in [1.29, 1.82) is 0 Å². The van der Waals surface area contributed by atoms with Crippen molar-refractivity contribution in [1.82, 2.24) is 4.90 Å². The van der Waals surface area contributed by atoms with Gasteiger partial charge in [0.1, 0.15) is 19.1 Å². The third-order valence-electron chi connectivity index (χ3n) is 8.63. The van der Waals surface area contributed by atoms with Crippen molar-refractivity contribution in [2.24, 2.45) is 5.92 Å². The maximum absolute atomic E-state index is 13.9. The summed E-state index contributed by atoms with van der Waals surface area (Å²) in [5.74, 6) is -0.160. The highest BCUT2D eigenvalue weighted by atomic mass is 28.4. The highest BCUT2D eigenvalue weighted by Gasteiger charge is 2.44. The molecule has 0 spiro atoms. The number of rotatable bonds is 17. The second-order valence-electron chi connectivity index (χ2n) is 13.0. The van der Waals surface area contributed by atoms with Gasteiger partial charge < -0.3 is 28.1 Å². The molecule has 2 amide bonds. The number of carbonyl (C=O) groups excluding carboxylic acids is 2. The number of hydrogen-bond acceptors (Lipinski definition) is 8. The van der Waals surface area contributed by atoms with Gasteiger partial charge in [-0.15, -0.1) is 0 Å². The molecule has 0 bridgehead atoms. The van der Waals surface area contributed by atoms with E-state index in [9.17, 15) is 9.59 Å². The van der Waals surface area contributed by atoms with Crippen LogP contribution in [-0.4, -0.2) is 77.7 Å². The van der Waals surface area contributed by atoms with Gasteiger partial charge in [0, 0.05) is 19.8 Å². The Kier molecular flexibility index (Phi) is 13.4. The van der Waals surface area contributed by atoms with Crippen LogP contribution in [0, 0.1) is 5.92 Å². The van der Waals surface area contributed by atoms with E-state index < -0.39 is 26.4 Å². The van der Waals surface area contributed by atoms with Crippen molar-refractivity contribution in [2.45, 2.75) is 89.9 Å². The standard InChI is InChI=1S/C34H51NO8Si/c1-25(32(36)35-28(23-41-33(35)37)20-26-12-10-9-11-13-26)31(42-24-38-5)21-30(43-44(7,8)34(2,3)4)18-19-40-22-27-14-16-29(39-6)17-15-27/h9-17,25,28,30-31H,18-24H2,1-8H3/t25-,28-,30+,31+/m0/s1. The number of nitrogens with zero attached hydrogens (tertiary/aromatic N) is 1. The van der Waals surface area contributed by atoms with Gasteiger partial charge in [0.25, 0.3) is 0 Å². The van der Waals surface area contributed by atoms with Gasteiger partial charge in [0.15, 0.2) is 8.32 Å². The van der Waals surface area contributed by atoms with E-state index in [1.165, 1.54) is 4.90 Å². The zero-order chi connectivity index (χ0) is 32.3. The summed E-state index contributed by atoms with van der Waals surface area (Å²) in [4.78, 5) is 27.9. The fraction of sp³-hybridized carbons (Fsp3) is 0.588. The molecule has 0 aromatic heterocycles. The Hall–Kier alpha value is -2.76. The lowest BCUT2D eigenvalue weighted by molar-refractivity contribution is -0.146. The molecule has 1 aliphatic rings. The van der Waals surface area contributed by atoms with E-state index in [0.29, 0.717) is 32.5 Å². The first-order valence-electron chi connectivity index (χ1n) is 15.4. The molecule has 244 valence electrons. The van der Waals surface area contributed by atoms with Gasteiger partial charge in [-0.25, -0.2) is 9.69 Å². The highest BCUT2D eigenvalue weighted by Crippen LogP contribution is 2.38. The predicted molar refractivity (Wildman–Crippen MR) is 172 cm³/mol. The van der Waals surface area contributed by atoms with Crippen LogP contribution in [0.2, 0.25) is 18.1 Å². The van der Waals surface area contributed by atoms with Crippen LogP contribution in [0.1, 0.15) is 51.7 Å². The molecule has 1 aliphatic heterocycles. The third kappa shape index (κ3) is 10.1. The van der Waals surface area contributed by atoms with Crippen LogP contribution in [0.25, 0.3) is 0 Å². The molecule has 44 heavy (non-hydrogen) atoms. The molecule has 10 heteroatoms. The monoisotopic (exact) mass is 629 g/mol. The van der Waals surface area contributed by atoms with Gasteiger partial charge in [0.05, 0.1) is 31.8 Å². The molecule has 0 N–H and O–H groups in total. The molecule has 9 nitrogen and oxygen atoms in total. The predicted octanol–water partition coefficient (Wildman–Crippen LogP) is 6.60. The molecule has 0 aliphatic carbocycles. The van der Waals surface area contributed by atoms with Crippen LogP contribution in [0.3, 0.4) is 0 Å². The van der Waals surface area contributed by atoms with Crippen LogP contribution in [0.5, 0.6) is 5.75 Å². The number of benzene rings is 2. The Balaban J connectivity index is 1.74. The second kappa shape index (κ2) is 16.5. The van der Waals surface area contributed by atoms with Crippen molar-refractivity contribution in [3.8, 4) is 5.75 Å². The molecule has 1 heterocycles. The summed E-state index contributed by atoms with van der Waals surface area (Å²) >= 11 is 0. The first-order chi connectivity index (χ1) is 20.9. The number of ether oxygens (including phenoxy) is 5. The van der Waals surface area contributed by atoms with Crippen molar-refractivity contribution in [3.05, 3.63) is 65.7 Å². The molecule has 0 unspecified atom stereocenters. The van der Waals surface area contributed by atoms with E-state index in [0.717, 1.165) is 16.9 Å². The molecule has 3 rings (SSSR count). The first kappa shape index (κ1) is 35.7. The minimum atomic E-state index is -2.18. The summed E-state index contributed by atoms with van der Waals surface area (Å²) in [6.45, 7) is 14.0. The molecular formula is C34H51NO8Si. The average Bonchev–Trinajstić information content (AvgIpc) is 3.35. The summed E-state index contributed by atoms with van der Waals surface area (Å²) in [7, 11) is 1.01. The van der Waals surface area contributed by atoms with Crippen molar-refractivity contribution in [3.63, 3.8) is 0 Å². The lowest BCUT2D eigenvalue weighted by Crippen LogP contribution is -2.48. The number of amides is 2. The normalized spacial score (nSPS) is 17.7. The smallest absolute Gasteiger partial charge is 0.416 e. The zero-order valence-corrected chi connectivity index (χ0v) is 28.7. The summed E-state index contributed by atoms with van der Waals surface area (Å²) in [6, 6.07) is 17.2. The molecule has 1 saturated heterocycles. The van der Waals surface area contributed by atoms with E-state index in [4.69, 9.17) is 28.1 Å². The number of carbonyl (C=O) groups is 2. The van der Waals surface area contributed by atoms with E-state index in [1.54, 1.807) is 21.1 Å². The summed E-state index contributed by atoms with van der Waals surface area (Å²) in [5.41, 5.74) is 2.08. The van der Waals surface area contributed by atoms with Crippen molar-refractivity contribution < 1.29 is 37.7 Å². The Morgan fingerprint density at radius 2 is 1.73 bits per heavy atom. The lowest BCUT2D eigenvalue weighted by atomic mass is 9.95. The minimum Gasteiger partial charge on any atom is -0.497 e. The van der Waals surface area contributed by atoms with Crippen molar-refractivity contribution in [2.75, 3.05) is 34.2 Å². The Bertz CT molecular complexity index is 1170. The Morgan fingerprint density at radius 3 is 2.34 bits per heavy atom. The molecule has 0 saturated carbocycles. The highest BCUT2D eigenvalue weighted by molar-refractivity contribution is 6.74. The second-order valence-corrected chi connectivity index (χ2v) is 17.7. The topological polar surface area (TPSA) is 92.8 Å². The summed E-state index contributed by atoms with van der Waals surface area (Å²) in [6.07, 6.45) is 0.199. The average molecular weight is 630 g/mol. The third-order valence-corrected chi connectivity index (χ3v) is 13.2. The molecule has 4 atom stereocenters. The van der Waals surface area contributed by atoms with Crippen LogP contribution in [0.4, 0.5) is 4.79 Å². The SMILES string of the molecule is COCO[C@H](C[C@@H](CCOCc1ccc(OC)cc1)O[Si](C)(C)C(C)(C)C)[C@H](C)C(=O)N1C(=O)OC[C@@H]1Cc1ccccc1. The largest absolute Gasteiger partial charge is 0.497 e. The van der Waals surface area contributed by atoms with Gasteiger partial charge in [-0.1, -0.05) is 70.2 Å². The molecule has 2 aromatic rings. The van der Waals surface area contributed by atoms with Gasteiger partial charge in [0.2, 0.25) is 5.91 Å². The van der Waals surface area contributed by atoms with Gasteiger partial charge in [-0.05, 0) is 60.7 Å². The van der Waals surface area contributed by atoms with E-state index in [2.05, 4.69) is 33.9 Å². The molecule has 2 aromatic carbocycles. The van der Waals surface area contributed by atoms with Gasteiger partial charge in [-0.3, -0.25) is 4.79 Å². The van der Waals surface area contributed by atoms with E-state index in [1.807, 2.05) is 54.6 Å².